The number of hydrogen-bond acceptors (Lipinski definition) is 2. The molecule has 0 saturated heterocycles. The van der Waals surface area contributed by atoms with Crippen molar-refractivity contribution in [3.63, 3.8) is 0 Å². The van der Waals surface area contributed by atoms with Gasteiger partial charge in [-0.1, -0.05) is 78.9 Å². The van der Waals surface area contributed by atoms with Crippen molar-refractivity contribution in [2.45, 2.75) is 12.2 Å². The first-order valence-corrected chi connectivity index (χ1v) is 8.45. The second-order valence-electron chi connectivity index (χ2n) is 6.33. The van der Waals surface area contributed by atoms with Crippen LogP contribution in [0.2, 0.25) is 0 Å². The van der Waals surface area contributed by atoms with Gasteiger partial charge in [-0.15, -0.1) is 0 Å². The average Bonchev–Trinajstić information content (AvgIpc) is 2.90. The van der Waals surface area contributed by atoms with Crippen molar-refractivity contribution < 1.29 is 4.79 Å². The van der Waals surface area contributed by atoms with E-state index in [4.69, 9.17) is 0 Å². The summed E-state index contributed by atoms with van der Waals surface area (Å²) >= 11 is 0. The molecule has 3 nitrogen and oxygen atoms in total. The van der Waals surface area contributed by atoms with Crippen LogP contribution in [0.3, 0.4) is 0 Å². The lowest BCUT2D eigenvalue weighted by molar-refractivity contribution is 0.0634. The molecule has 25 heavy (non-hydrogen) atoms. The molecule has 4 rings (SSSR count). The minimum atomic E-state index is -0.662. The van der Waals surface area contributed by atoms with E-state index < -0.39 is 5.66 Å². The van der Waals surface area contributed by atoms with Gasteiger partial charge in [0.25, 0.3) is 5.91 Å². The topological polar surface area (TPSA) is 32.3 Å². The predicted molar refractivity (Wildman–Crippen MR) is 99.0 cm³/mol. The van der Waals surface area contributed by atoms with E-state index in [0.29, 0.717) is 6.54 Å². The van der Waals surface area contributed by atoms with Crippen molar-refractivity contribution in [2.75, 3.05) is 7.05 Å². The van der Waals surface area contributed by atoms with Crippen molar-refractivity contribution in [3.8, 4) is 0 Å². The van der Waals surface area contributed by atoms with E-state index in [2.05, 4.69) is 29.6 Å². The zero-order chi connectivity index (χ0) is 17.3. The highest BCUT2D eigenvalue weighted by atomic mass is 16.2. The van der Waals surface area contributed by atoms with Gasteiger partial charge in [0.1, 0.15) is 5.66 Å². The largest absolute Gasteiger partial charge is 0.315 e. The van der Waals surface area contributed by atoms with E-state index in [1.165, 1.54) is 5.56 Å². The van der Waals surface area contributed by atoms with Gasteiger partial charge in [-0.25, -0.2) is 0 Å². The Balaban J connectivity index is 1.84. The van der Waals surface area contributed by atoms with Crippen molar-refractivity contribution in [3.05, 3.63) is 107 Å². The van der Waals surface area contributed by atoms with E-state index in [1.807, 2.05) is 72.6 Å². The Morgan fingerprint density at radius 1 is 0.840 bits per heavy atom. The molecule has 3 heteroatoms. The molecule has 0 saturated carbocycles. The fourth-order valence-corrected chi connectivity index (χ4v) is 3.67. The number of rotatable bonds is 4. The Morgan fingerprint density at radius 3 is 2.16 bits per heavy atom. The van der Waals surface area contributed by atoms with Crippen LogP contribution in [-0.4, -0.2) is 17.9 Å². The number of nitrogens with zero attached hydrogens (tertiary/aromatic N) is 1. The molecule has 0 aromatic heterocycles. The normalized spacial score (nSPS) is 19.1. The van der Waals surface area contributed by atoms with Gasteiger partial charge in [0.2, 0.25) is 0 Å². The van der Waals surface area contributed by atoms with Crippen LogP contribution in [-0.2, 0) is 12.2 Å². The van der Waals surface area contributed by atoms with E-state index in [9.17, 15) is 4.79 Å². The summed E-state index contributed by atoms with van der Waals surface area (Å²) in [6.45, 7) is 0.668. The molecule has 1 heterocycles. The third-order valence-corrected chi connectivity index (χ3v) is 4.94. The van der Waals surface area contributed by atoms with E-state index in [0.717, 1.165) is 16.7 Å². The maximum absolute atomic E-state index is 12.9. The monoisotopic (exact) mass is 328 g/mol. The van der Waals surface area contributed by atoms with Crippen LogP contribution in [0, 0.1) is 0 Å². The van der Waals surface area contributed by atoms with Crippen LogP contribution >= 0.6 is 0 Å². The van der Waals surface area contributed by atoms with Crippen molar-refractivity contribution in [1.82, 2.24) is 10.2 Å². The molecule has 0 fully saturated rings. The lowest BCUT2D eigenvalue weighted by Crippen LogP contribution is -2.52. The van der Waals surface area contributed by atoms with Crippen LogP contribution in [0.5, 0.6) is 0 Å². The van der Waals surface area contributed by atoms with Crippen LogP contribution in [0.25, 0.3) is 0 Å². The number of benzene rings is 3. The lowest BCUT2D eigenvalue weighted by atomic mass is 9.90. The summed E-state index contributed by atoms with van der Waals surface area (Å²) in [5.41, 5.74) is 3.35. The van der Waals surface area contributed by atoms with E-state index in [-0.39, 0.29) is 5.91 Å². The maximum atomic E-state index is 12.9. The number of nitrogens with one attached hydrogen (secondary N) is 1. The molecule has 1 unspecified atom stereocenters. The smallest absolute Gasteiger partial charge is 0.256 e. The van der Waals surface area contributed by atoms with E-state index >= 15 is 0 Å². The van der Waals surface area contributed by atoms with Crippen LogP contribution in [0.15, 0.2) is 84.9 Å². The van der Waals surface area contributed by atoms with Gasteiger partial charge >= 0.3 is 0 Å². The Bertz CT molecular complexity index is 892. The number of fused-ring (bicyclic) bond motifs is 1. The molecule has 3 aromatic rings. The molecule has 124 valence electrons. The zero-order valence-electron chi connectivity index (χ0n) is 14.1. The lowest BCUT2D eigenvalue weighted by Gasteiger charge is -2.38. The highest BCUT2D eigenvalue weighted by Gasteiger charge is 2.48. The minimum absolute atomic E-state index is 0.0417. The number of amides is 1. The minimum Gasteiger partial charge on any atom is -0.315 e. The summed E-state index contributed by atoms with van der Waals surface area (Å²) in [5.74, 6) is 0.0417. The van der Waals surface area contributed by atoms with Gasteiger partial charge in [0.05, 0.1) is 0 Å². The highest BCUT2D eigenvalue weighted by molar-refractivity contribution is 6.00. The van der Waals surface area contributed by atoms with Gasteiger partial charge in [-0.2, -0.15) is 0 Å². The summed E-state index contributed by atoms with van der Waals surface area (Å²) in [6.07, 6.45) is 0. The van der Waals surface area contributed by atoms with Crippen LogP contribution in [0.1, 0.15) is 27.0 Å². The first-order valence-electron chi connectivity index (χ1n) is 8.45. The van der Waals surface area contributed by atoms with Crippen molar-refractivity contribution >= 4 is 5.91 Å². The Kier molecular flexibility index (Phi) is 3.86. The molecule has 1 aliphatic rings. The molecule has 0 aliphatic carbocycles. The first-order chi connectivity index (χ1) is 12.2. The van der Waals surface area contributed by atoms with Gasteiger partial charge in [0, 0.05) is 24.7 Å². The second kappa shape index (κ2) is 6.19. The molecule has 1 atom stereocenters. The Hall–Kier alpha value is -2.91. The molecule has 1 amide bonds. The molecule has 1 N–H and O–H groups in total. The quantitative estimate of drug-likeness (QED) is 0.791. The third-order valence-electron chi connectivity index (χ3n) is 4.94. The van der Waals surface area contributed by atoms with Crippen molar-refractivity contribution in [2.24, 2.45) is 0 Å². The summed E-state index contributed by atoms with van der Waals surface area (Å²) in [7, 11) is 1.87. The van der Waals surface area contributed by atoms with Gasteiger partial charge in [-0.3, -0.25) is 10.1 Å². The van der Waals surface area contributed by atoms with Crippen LogP contribution in [0.4, 0.5) is 0 Å². The van der Waals surface area contributed by atoms with E-state index in [1.54, 1.807) is 0 Å². The number of hydrogen-bond donors (Lipinski definition) is 1. The molecule has 0 bridgehead atoms. The summed E-state index contributed by atoms with van der Waals surface area (Å²) in [6, 6.07) is 28.3. The fraction of sp³-hybridized carbons (Fsp3) is 0.136. The van der Waals surface area contributed by atoms with Gasteiger partial charge in [0.15, 0.2) is 0 Å². The number of carbonyl (C=O) groups excluding carboxylic acids is 1. The first kappa shape index (κ1) is 15.6. The van der Waals surface area contributed by atoms with Crippen molar-refractivity contribution in [1.29, 1.82) is 0 Å². The molecule has 1 aliphatic heterocycles. The molecular formula is C22H20N2O. The summed E-state index contributed by atoms with van der Waals surface area (Å²) < 4.78 is 0. The van der Waals surface area contributed by atoms with Gasteiger partial charge in [-0.05, 0) is 17.2 Å². The third kappa shape index (κ3) is 2.44. The molecule has 0 radical (unpaired) electrons. The molecule has 0 spiro atoms. The summed E-state index contributed by atoms with van der Waals surface area (Å²) in [5, 5.41) is 3.67. The number of carbonyl (C=O) groups is 1. The van der Waals surface area contributed by atoms with Gasteiger partial charge < -0.3 is 4.90 Å². The second-order valence-corrected chi connectivity index (χ2v) is 6.33. The molecule has 3 aromatic carbocycles. The standard InChI is InChI=1S/C22H20N2O/c1-24-21(25)19-14-8-9-15-20(19)22(24,18-12-6-3-7-13-18)23-16-17-10-4-2-5-11-17/h2-15,23H,16H2,1H3. The molecular weight excluding hydrogens is 308 g/mol. The maximum Gasteiger partial charge on any atom is 0.256 e. The Labute approximate surface area is 147 Å². The predicted octanol–water partition coefficient (Wildman–Crippen LogP) is 3.76. The van der Waals surface area contributed by atoms with Crippen LogP contribution < -0.4 is 5.32 Å². The summed E-state index contributed by atoms with van der Waals surface area (Å²) in [4.78, 5) is 14.7. The average molecular weight is 328 g/mol. The zero-order valence-corrected chi connectivity index (χ0v) is 14.1. The highest BCUT2D eigenvalue weighted by Crippen LogP contribution is 2.41. The fourth-order valence-electron chi connectivity index (χ4n) is 3.67. The Morgan fingerprint density at radius 2 is 1.44 bits per heavy atom. The SMILES string of the molecule is CN1C(=O)c2ccccc2C1(NCc1ccccc1)c1ccccc1.